The van der Waals surface area contributed by atoms with Crippen LogP contribution in [0.4, 0.5) is 8.78 Å². The molecule has 1 atom stereocenters. The average Bonchev–Trinajstić information content (AvgIpc) is 2.32. The van der Waals surface area contributed by atoms with E-state index in [-0.39, 0.29) is 4.47 Å². The quantitative estimate of drug-likeness (QED) is 0.845. The van der Waals surface area contributed by atoms with Gasteiger partial charge in [0.05, 0.1) is 4.47 Å². The van der Waals surface area contributed by atoms with E-state index >= 15 is 0 Å². The summed E-state index contributed by atoms with van der Waals surface area (Å²) < 4.78 is 27.3. The van der Waals surface area contributed by atoms with Gasteiger partial charge in [-0.25, -0.2) is 8.78 Å². The Morgan fingerprint density at radius 2 is 2.18 bits per heavy atom. The molecule has 1 N–H and O–H groups in total. The summed E-state index contributed by atoms with van der Waals surface area (Å²) in [6, 6.07) is 3.53. The lowest BCUT2D eigenvalue weighted by Crippen LogP contribution is -2.49. The van der Waals surface area contributed by atoms with Gasteiger partial charge in [-0.1, -0.05) is 6.07 Å². The molecule has 17 heavy (non-hydrogen) atoms. The summed E-state index contributed by atoms with van der Waals surface area (Å²) >= 11 is 2.98. The fraction of sp³-hybridized carbons (Fsp3) is 0.500. The number of nitrogens with one attached hydrogen (secondary N) is 1. The fourth-order valence-corrected chi connectivity index (χ4v) is 2.33. The molecule has 0 radical (unpaired) electrons. The molecule has 0 bridgehead atoms. The van der Waals surface area contributed by atoms with Crippen molar-refractivity contribution in [3.63, 3.8) is 0 Å². The van der Waals surface area contributed by atoms with E-state index < -0.39 is 11.6 Å². The first-order chi connectivity index (χ1) is 8.09. The molecule has 1 saturated heterocycles. The third kappa shape index (κ3) is 2.84. The van der Waals surface area contributed by atoms with E-state index in [2.05, 4.69) is 33.1 Å². The van der Waals surface area contributed by atoms with E-state index in [0.29, 0.717) is 18.2 Å². The predicted molar refractivity (Wildman–Crippen MR) is 66.8 cm³/mol. The third-order valence-corrected chi connectivity index (χ3v) is 3.74. The molecule has 0 spiro atoms. The van der Waals surface area contributed by atoms with Gasteiger partial charge in [0, 0.05) is 37.8 Å². The normalized spacial score (nSPS) is 21.8. The summed E-state index contributed by atoms with van der Waals surface area (Å²) in [5.41, 5.74) is 0.416. The number of halogens is 3. The molecule has 1 aromatic carbocycles. The van der Waals surface area contributed by atoms with Crippen LogP contribution in [-0.2, 0) is 6.54 Å². The Hall–Kier alpha value is -0.520. The molecule has 1 fully saturated rings. The summed E-state index contributed by atoms with van der Waals surface area (Å²) in [6.07, 6.45) is 0. The zero-order valence-electron chi connectivity index (χ0n) is 9.64. The highest BCUT2D eigenvalue weighted by Crippen LogP contribution is 2.22. The van der Waals surface area contributed by atoms with Gasteiger partial charge in [0.25, 0.3) is 0 Å². The second-order valence-corrected chi connectivity index (χ2v) is 5.21. The van der Waals surface area contributed by atoms with Gasteiger partial charge in [-0.2, -0.15) is 0 Å². The SMILES string of the molecule is C[C@@H]1CNCCN1Cc1ccc(Br)c(F)c1F. The van der Waals surface area contributed by atoms with Crippen molar-refractivity contribution in [1.82, 2.24) is 10.2 Å². The van der Waals surface area contributed by atoms with Crippen LogP contribution in [0.15, 0.2) is 16.6 Å². The molecule has 1 aliphatic rings. The Labute approximate surface area is 108 Å². The van der Waals surface area contributed by atoms with Crippen molar-refractivity contribution in [2.45, 2.75) is 19.5 Å². The van der Waals surface area contributed by atoms with Crippen LogP contribution in [0.2, 0.25) is 0 Å². The lowest BCUT2D eigenvalue weighted by Gasteiger charge is -2.33. The first kappa shape index (κ1) is 12.9. The maximum Gasteiger partial charge on any atom is 0.173 e. The van der Waals surface area contributed by atoms with Crippen molar-refractivity contribution in [3.05, 3.63) is 33.8 Å². The van der Waals surface area contributed by atoms with Crippen molar-refractivity contribution in [2.24, 2.45) is 0 Å². The number of hydrogen-bond acceptors (Lipinski definition) is 2. The molecule has 1 aromatic rings. The molecule has 1 aliphatic heterocycles. The van der Waals surface area contributed by atoms with Gasteiger partial charge in [0.2, 0.25) is 0 Å². The minimum atomic E-state index is -0.801. The van der Waals surface area contributed by atoms with Crippen LogP contribution in [-0.4, -0.2) is 30.6 Å². The average molecular weight is 305 g/mol. The Balaban J connectivity index is 2.15. The van der Waals surface area contributed by atoms with Crippen molar-refractivity contribution in [2.75, 3.05) is 19.6 Å². The number of nitrogens with zero attached hydrogens (tertiary/aromatic N) is 1. The van der Waals surface area contributed by atoms with Gasteiger partial charge in [-0.3, -0.25) is 4.90 Å². The Morgan fingerprint density at radius 1 is 1.41 bits per heavy atom. The predicted octanol–water partition coefficient (Wildman–Crippen LogP) is 2.52. The van der Waals surface area contributed by atoms with Crippen molar-refractivity contribution in [3.8, 4) is 0 Å². The fourth-order valence-electron chi connectivity index (χ4n) is 2.02. The van der Waals surface area contributed by atoms with Gasteiger partial charge in [0.1, 0.15) is 0 Å². The molecule has 0 aliphatic carbocycles. The van der Waals surface area contributed by atoms with Gasteiger partial charge in [-0.15, -0.1) is 0 Å². The summed E-state index contributed by atoms with van der Waals surface area (Å²) in [6.45, 7) is 5.18. The second-order valence-electron chi connectivity index (χ2n) is 4.36. The molecule has 0 aromatic heterocycles. The molecule has 0 unspecified atom stereocenters. The lowest BCUT2D eigenvalue weighted by atomic mass is 10.1. The van der Waals surface area contributed by atoms with Crippen molar-refractivity contribution < 1.29 is 8.78 Å². The summed E-state index contributed by atoms with van der Waals surface area (Å²) in [4.78, 5) is 2.16. The first-order valence-electron chi connectivity index (χ1n) is 5.66. The number of hydrogen-bond donors (Lipinski definition) is 1. The molecule has 2 nitrogen and oxygen atoms in total. The number of piperazine rings is 1. The highest BCUT2D eigenvalue weighted by atomic mass is 79.9. The van der Waals surface area contributed by atoms with Crippen LogP contribution in [0.5, 0.6) is 0 Å². The van der Waals surface area contributed by atoms with Crippen LogP contribution in [0.3, 0.4) is 0 Å². The maximum absolute atomic E-state index is 13.7. The van der Waals surface area contributed by atoms with E-state index in [0.717, 1.165) is 19.6 Å². The molecule has 1 heterocycles. The standard InChI is InChI=1S/C12H15BrF2N2/c1-8-6-16-4-5-17(8)7-9-2-3-10(13)12(15)11(9)14/h2-3,8,16H,4-7H2,1H3/t8-/m1/s1. The van der Waals surface area contributed by atoms with Gasteiger partial charge in [-0.05, 0) is 28.9 Å². The number of benzene rings is 1. The van der Waals surface area contributed by atoms with Crippen LogP contribution in [0.25, 0.3) is 0 Å². The molecule has 2 rings (SSSR count). The molecule has 0 saturated carbocycles. The second kappa shape index (κ2) is 5.42. The zero-order chi connectivity index (χ0) is 12.4. The molecular weight excluding hydrogens is 290 g/mol. The Bertz CT molecular complexity index is 412. The monoisotopic (exact) mass is 304 g/mol. The molecule has 5 heteroatoms. The minimum absolute atomic E-state index is 0.173. The van der Waals surface area contributed by atoms with E-state index in [4.69, 9.17) is 0 Å². The van der Waals surface area contributed by atoms with Crippen LogP contribution >= 0.6 is 15.9 Å². The lowest BCUT2D eigenvalue weighted by molar-refractivity contribution is 0.163. The van der Waals surface area contributed by atoms with E-state index in [9.17, 15) is 8.78 Å². The van der Waals surface area contributed by atoms with Crippen molar-refractivity contribution in [1.29, 1.82) is 0 Å². The highest BCUT2D eigenvalue weighted by molar-refractivity contribution is 9.10. The highest BCUT2D eigenvalue weighted by Gasteiger charge is 2.20. The first-order valence-corrected chi connectivity index (χ1v) is 6.46. The maximum atomic E-state index is 13.7. The van der Waals surface area contributed by atoms with Crippen LogP contribution in [0, 0.1) is 11.6 Å². The summed E-state index contributed by atoms with van der Waals surface area (Å²) in [5.74, 6) is -1.55. The Morgan fingerprint density at radius 3 is 2.88 bits per heavy atom. The summed E-state index contributed by atoms with van der Waals surface area (Å²) in [5, 5.41) is 3.27. The van der Waals surface area contributed by atoms with E-state index in [1.807, 2.05) is 0 Å². The van der Waals surface area contributed by atoms with E-state index in [1.54, 1.807) is 12.1 Å². The largest absolute Gasteiger partial charge is 0.314 e. The zero-order valence-corrected chi connectivity index (χ0v) is 11.2. The van der Waals surface area contributed by atoms with Gasteiger partial charge < -0.3 is 5.32 Å². The van der Waals surface area contributed by atoms with E-state index in [1.165, 1.54) is 0 Å². The van der Waals surface area contributed by atoms with Gasteiger partial charge >= 0.3 is 0 Å². The molecule has 94 valence electrons. The molecule has 0 amide bonds. The van der Waals surface area contributed by atoms with Crippen molar-refractivity contribution >= 4 is 15.9 Å². The smallest absolute Gasteiger partial charge is 0.173 e. The summed E-state index contributed by atoms with van der Waals surface area (Å²) in [7, 11) is 0. The molecular formula is C12H15BrF2N2. The topological polar surface area (TPSA) is 15.3 Å². The van der Waals surface area contributed by atoms with Gasteiger partial charge in [0.15, 0.2) is 11.6 Å². The number of rotatable bonds is 2. The van der Waals surface area contributed by atoms with Crippen LogP contribution in [0.1, 0.15) is 12.5 Å². The van der Waals surface area contributed by atoms with Crippen LogP contribution < -0.4 is 5.32 Å². The minimum Gasteiger partial charge on any atom is -0.314 e. The Kier molecular flexibility index (Phi) is 4.12. The third-order valence-electron chi connectivity index (χ3n) is 3.13.